The fourth-order valence-electron chi connectivity index (χ4n) is 9.94. The third-order valence-corrected chi connectivity index (χ3v) is 11.7. The molecular formula is C28H44O3. The first-order chi connectivity index (χ1) is 14.8. The molecule has 174 valence electrons. The van der Waals surface area contributed by atoms with Gasteiger partial charge in [0.2, 0.25) is 0 Å². The van der Waals surface area contributed by atoms with Crippen molar-refractivity contribution in [2.75, 3.05) is 13.2 Å². The van der Waals surface area contributed by atoms with Crippen LogP contribution < -0.4 is 0 Å². The largest absolute Gasteiger partial charge is 0.396 e. The van der Waals surface area contributed by atoms with Crippen molar-refractivity contribution in [2.24, 2.45) is 52.3 Å². The van der Waals surface area contributed by atoms with Crippen molar-refractivity contribution in [2.45, 2.75) is 97.4 Å². The molecule has 6 aliphatic rings. The predicted octanol–water partition coefficient (Wildman–Crippen LogP) is 5.96. The van der Waals surface area contributed by atoms with Gasteiger partial charge in [0.1, 0.15) is 0 Å². The van der Waals surface area contributed by atoms with E-state index in [9.17, 15) is 5.11 Å². The minimum atomic E-state index is -0.378. The van der Waals surface area contributed by atoms with Gasteiger partial charge in [-0.15, -0.1) is 0 Å². The molecule has 0 aromatic carbocycles. The van der Waals surface area contributed by atoms with Gasteiger partial charge in [-0.25, -0.2) is 0 Å². The Labute approximate surface area is 189 Å². The van der Waals surface area contributed by atoms with E-state index in [0.717, 1.165) is 36.5 Å². The quantitative estimate of drug-likeness (QED) is 0.524. The summed E-state index contributed by atoms with van der Waals surface area (Å²) in [7, 11) is 0. The molecule has 11 atom stereocenters. The van der Waals surface area contributed by atoms with Crippen LogP contribution in [0.3, 0.4) is 0 Å². The van der Waals surface area contributed by atoms with Crippen molar-refractivity contribution in [3.05, 3.63) is 11.6 Å². The lowest BCUT2D eigenvalue weighted by molar-refractivity contribution is -0.275. The summed E-state index contributed by atoms with van der Waals surface area (Å²) in [6, 6.07) is 0. The molecule has 0 amide bonds. The third kappa shape index (κ3) is 2.81. The van der Waals surface area contributed by atoms with Crippen LogP contribution in [0.4, 0.5) is 0 Å². The highest BCUT2D eigenvalue weighted by molar-refractivity contribution is 5.26. The molecule has 2 saturated heterocycles. The highest BCUT2D eigenvalue weighted by Gasteiger charge is 2.68. The Bertz CT molecular complexity index is 751. The maximum atomic E-state index is 9.55. The Morgan fingerprint density at radius 3 is 2.65 bits per heavy atom. The second-order valence-corrected chi connectivity index (χ2v) is 13.1. The van der Waals surface area contributed by atoms with Crippen LogP contribution in [-0.2, 0) is 9.47 Å². The van der Waals surface area contributed by atoms with Crippen molar-refractivity contribution in [3.8, 4) is 0 Å². The zero-order valence-electron chi connectivity index (χ0n) is 20.2. The number of aliphatic hydroxyl groups is 1. The van der Waals surface area contributed by atoms with Crippen LogP contribution in [0.25, 0.3) is 0 Å². The molecule has 0 aromatic heterocycles. The van der Waals surface area contributed by atoms with Crippen LogP contribution in [0, 0.1) is 52.3 Å². The monoisotopic (exact) mass is 428 g/mol. The van der Waals surface area contributed by atoms with E-state index in [1.165, 1.54) is 44.9 Å². The fourth-order valence-corrected chi connectivity index (χ4v) is 9.94. The summed E-state index contributed by atoms with van der Waals surface area (Å²) in [5.41, 5.74) is 2.68. The summed E-state index contributed by atoms with van der Waals surface area (Å²) in [4.78, 5) is 0. The van der Waals surface area contributed by atoms with Gasteiger partial charge in [0.15, 0.2) is 5.79 Å². The van der Waals surface area contributed by atoms with Crippen LogP contribution in [0.15, 0.2) is 11.6 Å². The van der Waals surface area contributed by atoms with Crippen molar-refractivity contribution in [3.63, 3.8) is 0 Å². The van der Waals surface area contributed by atoms with Crippen molar-refractivity contribution >= 4 is 0 Å². The molecule has 0 aromatic rings. The molecule has 31 heavy (non-hydrogen) atoms. The molecule has 5 fully saturated rings. The molecule has 3 nitrogen and oxygen atoms in total. The Morgan fingerprint density at radius 2 is 1.90 bits per heavy atom. The Balaban J connectivity index is 1.26. The van der Waals surface area contributed by atoms with E-state index in [1.807, 2.05) is 5.57 Å². The zero-order valence-corrected chi connectivity index (χ0v) is 20.2. The normalized spacial score (nSPS) is 58.3. The molecule has 1 spiro atoms. The SMILES string of the molecule is CC1CC[C@@]2(C)C(=CCC3C4CC5OC6(CCC(CO)CO6)[C@@H](C)C5[C@@]4(C)CCC32)C1. The van der Waals surface area contributed by atoms with Crippen LogP contribution >= 0.6 is 0 Å². The number of rotatable bonds is 1. The molecule has 2 aliphatic heterocycles. The summed E-state index contributed by atoms with van der Waals surface area (Å²) in [6.45, 7) is 11.0. The fraction of sp³-hybridized carbons (Fsp3) is 0.929. The standard InChI is InChI=1S/C28H44O3/c1-17-7-10-26(3)20(13-17)5-6-21-22(26)9-11-27(4)23(21)14-24-25(27)18(2)28(31-24)12-8-19(15-29)16-30-28/h5,17-19,21-25,29H,6-16H2,1-4H3/t17?,18-,19?,21?,22?,23?,24?,25?,26-,27-,28?/m0/s1. The van der Waals surface area contributed by atoms with Gasteiger partial charge < -0.3 is 14.6 Å². The molecule has 0 radical (unpaired) electrons. The van der Waals surface area contributed by atoms with Gasteiger partial charge in [0.25, 0.3) is 0 Å². The first-order valence-electron chi connectivity index (χ1n) is 13.4. The van der Waals surface area contributed by atoms with Gasteiger partial charge in [-0.05, 0) is 91.8 Å². The summed E-state index contributed by atoms with van der Waals surface area (Å²) < 4.78 is 13.3. The summed E-state index contributed by atoms with van der Waals surface area (Å²) in [5.74, 6) is 4.44. The maximum absolute atomic E-state index is 9.55. The lowest BCUT2D eigenvalue weighted by Crippen LogP contribution is -2.52. The van der Waals surface area contributed by atoms with Crippen molar-refractivity contribution < 1.29 is 14.6 Å². The highest BCUT2D eigenvalue weighted by Crippen LogP contribution is 2.70. The number of ether oxygens (including phenoxy) is 2. The van der Waals surface area contributed by atoms with E-state index in [-0.39, 0.29) is 12.4 Å². The first-order valence-corrected chi connectivity index (χ1v) is 13.4. The Morgan fingerprint density at radius 1 is 1.06 bits per heavy atom. The minimum Gasteiger partial charge on any atom is -0.396 e. The Kier molecular flexibility index (Phi) is 4.82. The summed E-state index contributed by atoms with van der Waals surface area (Å²) in [6.07, 6.45) is 14.6. The first kappa shape index (κ1) is 21.2. The predicted molar refractivity (Wildman–Crippen MR) is 122 cm³/mol. The smallest absolute Gasteiger partial charge is 0.171 e. The number of aliphatic hydroxyl groups excluding tert-OH is 1. The number of allylic oxidation sites excluding steroid dienone is 2. The van der Waals surface area contributed by atoms with Crippen molar-refractivity contribution in [1.29, 1.82) is 0 Å². The highest BCUT2D eigenvalue weighted by atomic mass is 16.7. The molecule has 4 aliphatic carbocycles. The molecule has 2 heterocycles. The third-order valence-electron chi connectivity index (χ3n) is 11.7. The number of hydrogen-bond donors (Lipinski definition) is 1. The molecule has 1 N–H and O–H groups in total. The van der Waals surface area contributed by atoms with E-state index >= 15 is 0 Å². The van der Waals surface area contributed by atoms with E-state index in [0.29, 0.717) is 41.3 Å². The molecular weight excluding hydrogens is 384 g/mol. The summed E-state index contributed by atoms with van der Waals surface area (Å²) in [5, 5.41) is 9.55. The van der Waals surface area contributed by atoms with E-state index in [4.69, 9.17) is 9.47 Å². The second-order valence-electron chi connectivity index (χ2n) is 13.1. The molecule has 6 rings (SSSR count). The number of hydrogen-bond acceptors (Lipinski definition) is 3. The zero-order chi connectivity index (χ0) is 21.6. The van der Waals surface area contributed by atoms with Gasteiger partial charge in [-0.3, -0.25) is 0 Å². The van der Waals surface area contributed by atoms with E-state index in [2.05, 4.69) is 33.8 Å². The minimum absolute atomic E-state index is 0.243. The average molecular weight is 429 g/mol. The van der Waals surface area contributed by atoms with E-state index in [1.54, 1.807) is 0 Å². The van der Waals surface area contributed by atoms with Crippen LogP contribution in [-0.4, -0.2) is 30.2 Å². The summed E-state index contributed by atoms with van der Waals surface area (Å²) >= 11 is 0. The lowest BCUT2D eigenvalue weighted by Gasteiger charge is -2.58. The second kappa shape index (κ2) is 7.06. The van der Waals surface area contributed by atoms with Crippen LogP contribution in [0.2, 0.25) is 0 Å². The van der Waals surface area contributed by atoms with Crippen molar-refractivity contribution in [1.82, 2.24) is 0 Å². The van der Waals surface area contributed by atoms with Crippen LogP contribution in [0.1, 0.15) is 85.5 Å². The van der Waals surface area contributed by atoms with Gasteiger partial charge in [0, 0.05) is 24.9 Å². The number of fused-ring (bicyclic) bond motifs is 7. The lowest BCUT2D eigenvalue weighted by atomic mass is 9.46. The Hall–Kier alpha value is -0.380. The van der Waals surface area contributed by atoms with Gasteiger partial charge >= 0.3 is 0 Å². The van der Waals surface area contributed by atoms with Gasteiger partial charge in [-0.2, -0.15) is 0 Å². The topological polar surface area (TPSA) is 38.7 Å². The molecule has 8 unspecified atom stereocenters. The van der Waals surface area contributed by atoms with Gasteiger partial charge in [0.05, 0.1) is 12.7 Å². The van der Waals surface area contributed by atoms with Gasteiger partial charge in [-0.1, -0.05) is 39.3 Å². The molecule has 3 saturated carbocycles. The molecule has 3 heteroatoms. The average Bonchev–Trinajstić information content (AvgIpc) is 3.20. The van der Waals surface area contributed by atoms with E-state index < -0.39 is 0 Å². The maximum Gasteiger partial charge on any atom is 0.171 e. The molecule has 0 bridgehead atoms. The van der Waals surface area contributed by atoms with Crippen LogP contribution in [0.5, 0.6) is 0 Å².